The van der Waals surface area contributed by atoms with E-state index < -0.39 is 15.6 Å². The normalized spacial score (nSPS) is 11.9. The molecule has 0 N–H and O–H groups in total. The number of pyridine rings is 1. The molecule has 5 rings (SSSR count). The Bertz CT molecular complexity index is 1630. The first-order chi connectivity index (χ1) is 15.4. The monoisotopic (exact) mass is 442 g/mol. The molecule has 0 spiro atoms. The topological polar surface area (TPSA) is 61.1 Å². The van der Waals surface area contributed by atoms with E-state index in [1.807, 2.05) is 73.0 Å². The molecule has 2 aromatic heterocycles. The number of aromatic nitrogens is 2. The van der Waals surface area contributed by atoms with Gasteiger partial charge in [0.15, 0.2) is 0 Å². The summed E-state index contributed by atoms with van der Waals surface area (Å²) in [7, 11) is -4.04. The van der Waals surface area contributed by atoms with Crippen molar-refractivity contribution in [2.75, 3.05) is 0 Å². The summed E-state index contributed by atoms with van der Waals surface area (Å²) < 4.78 is 29.6. The highest BCUT2D eigenvalue weighted by Gasteiger charge is 2.24. The van der Waals surface area contributed by atoms with Crippen LogP contribution in [-0.4, -0.2) is 17.0 Å². The van der Waals surface area contributed by atoms with Gasteiger partial charge in [-0.05, 0) is 43.2 Å². The van der Waals surface area contributed by atoms with Gasteiger partial charge in [0, 0.05) is 29.0 Å². The summed E-state index contributed by atoms with van der Waals surface area (Å²) in [6.07, 6.45) is 1.44. The molecule has 2 heterocycles. The van der Waals surface area contributed by atoms with Crippen molar-refractivity contribution in [3.63, 3.8) is 0 Å². The first-order valence-electron chi connectivity index (χ1n) is 10.4. The Morgan fingerprint density at radius 2 is 1.47 bits per heavy atom. The fourth-order valence-electron chi connectivity index (χ4n) is 4.26. The Labute approximate surface area is 186 Å². The third-order valence-electron chi connectivity index (χ3n) is 5.84. The molecular formula is C26H22N2O3S. The number of hydrogen-bond donors (Lipinski definition) is 0. The van der Waals surface area contributed by atoms with E-state index in [1.165, 1.54) is 18.3 Å². The molecule has 160 valence electrons. The highest BCUT2D eigenvalue weighted by molar-refractivity contribution is 7.90. The van der Waals surface area contributed by atoms with E-state index >= 15 is 0 Å². The Morgan fingerprint density at radius 3 is 2.19 bits per heavy atom. The molecular weight excluding hydrogens is 420 g/mol. The lowest BCUT2D eigenvalue weighted by Gasteiger charge is -2.12. The van der Waals surface area contributed by atoms with Crippen molar-refractivity contribution in [2.45, 2.75) is 25.3 Å². The van der Waals surface area contributed by atoms with Crippen molar-refractivity contribution in [1.82, 2.24) is 8.54 Å². The minimum atomic E-state index is -4.04. The number of aryl methyl sites for hydroxylation is 2. The predicted octanol–water partition coefficient (Wildman–Crippen LogP) is 4.86. The van der Waals surface area contributed by atoms with Crippen LogP contribution in [0.2, 0.25) is 0 Å². The summed E-state index contributed by atoms with van der Waals surface area (Å²) in [5, 5.41) is 1.73. The summed E-state index contributed by atoms with van der Waals surface area (Å²) in [5.41, 5.74) is 3.47. The molecule has 0 radical (unpaired) electrons. The summed E-state index contributed by atoms with van der Waals surface area (Å²) in [5.74, 6) is 0. The SMILES string of the molecule is Cc1ccc(S(=O)(=O)n2cc(C)c3c4ccccc4n(Cc4ccccc4)c3c2=O)cc1. The van der Waals surface area contributed by atoms with Crippen molar-refractivity contribution >= 4 is 31.8 Å². The largest absolute Gasteiger partial charge is 0.331 e. The van der Waals surface area contributed by atoms with Crippen LogP contribution in [-0.2, 0) is 16.6 Å². The smallest absolute Gasteiger partial charge is 0.289 e. The van der Waals surface area contributed by atoms with Gasteiger partial charge in [-0.25, -0.2) is 12.4 Å². The van der Waals surface area contributed by atoms with Gasteiger partial charge in [-0.3, -0.25) is 4.79 Å². The summed E-state index contributed by atoms with van der Waals surface area (Å²) in [6, 6.07) is 24.2. The highest BCUT2D eigenvalue weighted by Crippen LogP contribution is 2.30. The van der Waals surface area contributed by atoms with Crippen LogP contribution < -0.4 is 5.56 Å². The molecule has 5 nitrogen and oxygen atoms in total. The fraction of sp³-hybridized carbons (Fsp3) is 0.115. The van der Waals surface area contributed by atoms with E-state index in [2.05, 4.69) is 0 Å². The second-order valence-electron chi connectivity index (χ2n) is 8.04. The Kier molecular flexibility index (Phi) is 4.75. The molecule has 0 fully saturated rings. The van der Waals surface area contributed by atoms with Gasteiger partial charge < -0.3 is 4.57 Å². The average molecular weight is 443 g/mol. The summed E-state index contributed by atoms with van der Waals surface area (Å²) >= 11 is 0. The molecule has 5 aromatic rings. The van der Waals surface area contributed by atoms with Crippen LogP contribution in [0.3, 0.4) is 0 Å². The number of hydrogen-bond acceptors (Lipinski definition) is 3. The van der Waals surface area contributed by atoms with Gasteiger partial charge in [0.2, 0.25) is 0 Å². The Balaban J connectivity index is 1.85. The number of rotatable bonds is 4. The molecule has 0 unspecified atom stereocenters. The Hall–Kier alpha value is -3.64. The molecule has 6 heteroatoms. The molecule has 0 saturated heterocycles. The van der Waals surface area contributed by atoms with Crippen LogP contribution in [0.5, 0.6) is 0 Å². The van der Waals surface area contributed by atoms with Gasteiger partial charge >= 0.3 is 0 Å². The van der Waals surface area contributed by atoms with Crippen LogP contribution in [0.25, 0.3) is 21.8 Å². The van der Waals surface area contributed by atoms with Gasteiger partial charge in [-0.15, -0.1) is 0 Å². The van der Waals surface area contributed by atoms with Gasteiger partial charge in [0.1, 0.15) is 5.52 Å². The van der Waals surface area contributed by atoms with Crippen molar-refractivity contribution in [3.8, 4) is 0 Å². The van der Waals surface area contributed by atoms with Gasteiger partial charge in [-0.2, -0.15) is 0 Å². The van der Waals surface area contributed by atoms with Crippen LogP contribution in [0.15, 0.2) is 94.7 Å². The van der Waals surface area contributed by atoms with Crippen LogP contribution in [0.4, 0.5) is 0 Å². The van der Waals surface area contributed by atoms with E-state index in [-0.39, 0.29) is 4.90 Å². The Morgan fingerprint density at radius 1 is 0.812 bits per heavy atom. The number of benzene rings is 3. The predicted molar refractivity (Wildman–Crippen MR) is 128 cm³/mol. The van der Waals surface area contributed by atoms with Gasteiger partial charge in [0.25, 0.3) is 15.6 Å². The number of para-hydroxylation sites is 1. The van der Waals surface area contributed by atoms with Crippen LogP contribution in [0, 0.1) is 13.8 Å². The zero-order chi connectivity index (χ0) is 22.5. The molecule has 3 aromatic carbocycles. The van der Waals surface area contributed by atoms with Crippen molar-refractivity contribution in [1.29, 1.82) is 0 Å². The van der Waals surface area contributed by atoms with E-state index in [1.54, 1.807) is 12.1 Å². The molecule has 0 aliphatic carbocycles. The second-order valence-corrected chi connectivity index (χ2v) is 9.86. The minimum Gasteiger partial charge on any atom is -0.331 e. The van der Waals surface area contributed by atoms with E-state index in [0.717, 1.165) is 37.0 Å². The van der Waals surface area contributed by atoms with Crippen molar-refractivity contribution in [2.24, 2.45) is 0 Å². The van der Waals surface area contributed by atoms with Crippen molar-refractivity contribution in [3.05, 3.63) is 112 Å². The maximum absolute atomic E-state index is 13.7. The molecule has 0 saturated carbocycles. The highest BCUT2D eigenvalue weighted by atomic mass is 32.2. The lowest BCUT2D eigenvalue weighted by Crippen LogP contribution is -2.29. The third-order valence-corrected chi connectivity index (χ3v) is 7.50. The van der Waals surface area contributed by atoms with Crippen LogP contribution in [0.1, 0.15) is 16.7 Å². The van der Waals surface area contributed by atoms with E-state index in [0.29, 0.717) is 12.1 Å². The molecule has 0 aliphatic rings. The quantitative estimate of drug-likeness (QED) is 0.399. The fourth-order valence-corrected chi connectivity index (χ4v) is 5.57. The number of nitrogens with zero attached hydrogens (tertiary/aromatic N) is 2. The minimum absolute atomic E-state index is 0.0923. The van der Waals surface area contributed by atoms with Crippen LogP contribution >= 0.6 is 0 Å². The molecule has 0 aliphatic heterocycles. The van der Waals surface area contributed by atoms with E-state index in [9.17, 15) is 13.2 Å². The molecule has 0 atom stereocenters. The second kappa shape index (κ2) is 7.50. The molecule has 0 bridgehead atoms. The summed E-state index contributed by atoms with van der Waals surface area (Å²) in [4.78, 5) is 13.8. The standard InChI is InChI=1S/C26H22N2O3S/c1-18-12-14-21(15-13-18)32(30,31)28-16-19(2)24-22-10-6-7-11-23(22)27(25(24)26(28)29)17-20-8-4-3-5-9-20/h3-16H,17H2,1-2H3. The zero-order valence-corrected chi connectivity index (χ0v) is 18.6. The maximum Gasteiger partial charge on any atom is 0.289 e. The summed E-state index contributed by atoms with van der Waals surface area (Å²) in [6.45, 7) is 4.21. The maximum atomic E-state index is 13.7. The number of fused-ring (bicyclic) bond motifs is 3. The molecule has 0 amide bonds. The average Bonchev–Trinajstić information content (AvgIpc) is 3.12. The van der Waals surface area contributed by atoms with Gasteiger partial charge in [0.05, 0.1) is 4.90 Å². The first-order valence-corrected chi connectivity index (χ1v) is 11.8. The third kappa shape index (κ3) is 3.15. The van der Waals surface area contributed by atoms with Gasteiger partial charge in [-0.1, -0.05) is 66.2 Å². The lowest BCUT2D eigenvalue weighted by molar-refractivity contribution is 0.585. The van der Waals surface area contributed by atoms with E-state index in [4.69, 9.17) is 0 Å². The zero-order valence-electron chi connectivity index (χ0n) is 17.8. The van der Waals surface area contributed by atoms with Crippen molar-refractivity contribution < 1.29 is 8.42 Å². The molecule has 32 heavy (non-hydrogen) atoms. The first kappa shape index (κ1) is 20.3. The lowest BCUT2D eigenvalue weighted by atomic mass is 10.1.